The molecule has 0 unspecified atom stereocenters. The zero-order valence-electron chi connectivity index (χ0n) is 9.52. The molecule has 7 heteroatoms. The molecule has 0 atom stereocenters. The Balaban J connectivity index is 2.01. The van der Waals surface area contributed by atoms with Crippen LogP contribution in [0.2, 0.25) is 5.15 Å². The van der Waals surface area contributed by atoms with Gasteiger partial charge in [0, 0.05) is 18.6 Å². The Morgan fingerprint density at radius 3 is 2.79 bits per heavy atom. The van der Waals surface area contributed by atoms with Crippen molar-refractivity contribution in [2.75, 3.05) is 0 Å². The lowest BCUT2D eigenvalue weighted by molar-refractivity contribution is 0.573. The standard InChI is InChI=1S/C12H7ClF2N4/c13-10-5-12-18-17-11(19(12)6-16-10)3-7-1-2-8(14)4-9(7)15/h1-2,4-6H,3H2. The molecule has 0 saturated carbocycles. The Labute approximate surface area is 111 Å². The van der Waals surface area contributed by atoms with Crippen LogP contribution in [0, 0.1) is 11.6 Å². The minimum atomic E-state index is -0.612. The highest BCUT2D eigenvalue weighted by Gasteiger charge is 2.10. The van der Waals surface area contributed by atoms with Crippen LogP contribution in [0.4, 0.5) is 8.78 Å². The average molecular weight is 281 g/mol. The number of benzene rings is 1. The van der Waals surface area contributed by atoms with E-state index in [1.54, 1.807) is 10.5 Å². The summed E-state index contributed by atoms with van der Waals surface area (Å²) in [4.78, 5) is 3.91. The van der Waals surface area contributed by atoms with Crippen LogP contribution in [0.15, 0.2) is 30.6 Å². The highest BCUT2D eigenvalue weighted by Crippen LogP contribution is 2.15. The Morgan fingerprint density at radius 2 is 2.00 bits per heavy atom. The second kappa shape index (κ2) is 4.55. The summed E-state index contributed by atoms with van der Waals surface area (Å²) in [6.07, 6.45) is 1.66. The topological polar surface area (TPSA) is 43.1 Å². The minimum Gasteiger partial charge on any atom is -0.269 e. The fourth-order valence-corrected chi connectivity index (χ4v) is 1.92. The molecule has 3 aromatic rings. The molecule has 3 rings (SSSR count). The molecule has 0 aliphatic carbocycles. The fraction of sp³-hybridized carbons (Fsp3) is 0.0833. The van der Waals surface area contributed by atoms with Gasteiger partial charge < -0.3 is 0 Å². The first-order chi connectivity index (χ1) is 9.13. The van der Waals surface area contributed by atoms with Crippen molar-refractivity contribution in [3.05, 3.63) is 58.8 Å². The van der Waals surface area contributed by atoms with Crippen molar-refractivity contribution in [3.63, 3.8) is 0 Å². The van der Waals surface area contributed by atoms with E-state index in [-0.39, 0.29) is 6.42 Å². The van der Waals surface area contributed by atoms with Crippen LogP contribution in [0.25, 0.3) is 5.65 Å². The Morgan fingerprint density at radius 1 is 1.16 bits per heavy atom. The molecule has 0 bridgehead atoms. The number of aromatic nitrogens is 4. The maximum Gasteiger partial charge on any atom is 0.165 e. The first-order valence-corrected chi connectivity index (χ1v) is 5.80. The van der Waals surface area contributed by atoms with Crippen LogP contribution in [-0.4, -0.2) is 19.6 Å². The molecule has 96 valence electrons. The highest BCUT2D eigenvalue weighted by atomic mass is 35.5. The molecule has 0 aliphatic rings. The number of halogens is 3. The third-order valence-electron chi connectivity index (χ3n) is 2.70. The maximum absolute atomic E-state index is 13.6. The summed E-state index contributed by atoms with van der Waals surface area (Å²) < 4.78 is 28.0. The van der Waals surface area contributed by atoms with Gasteiger partial charge in [0.05, 0.1) is 0 Å². The summed E-state index contributed by atoms with van der Waals surface area (Å²) in [5.41, 5.74) is 0.864. The number of nitrogens with zero attached hydrogens (tertiary/aromatic N) is 4. The summed E-state index contributed by atoms with van der Waals surface area (Å²) in [7, 11) is 0. The van der Waals surface area contributed by atoms with Gasteiger partial charge in [0.25, 0.3) is 0 Å². The number of hydrogen-bond acceptors (Lipinski definition) is 3. The third-order valence-corrected chi connectivity index (χ3v) is 2.91. The molecule has 0 saturated heterocycles. The third kappa shape index (κ3) is 2.26. The second-order valence-electron chi connectivity index (χ2n) is 3.97. The van der Waals surface area contributed by atoms with E-state index in [2.05, 4.69) is 15.2 Å². The molecule has 1 aromatic carbocycles. The van der Waals surface area contributed by atoms with E-state index in [1.807, 2.05) is 0 Å². The molecule has 0 amide bonds. The largest absolute Gasteiger partial charge is 0.269 e. The maximum atomic E-state index is 13.6. The molecular weight excluding hydrogens is 274 g/mol. The number of fused-ring (bicyclic) bond motifs is 1. The van der Waals surface area contributed by atoms with E-state index in [9.17, 15) is 8.78 Å². The van der Waals surface area contributed by atoms with Gasteiger partial charge in [0.1, 0.15) is 28.9 Å². The fourth-order valence-electron chi connectivity index (χ4n) is 1.77. The van der Waals surface area contributed by atoms with Gasteiger partial charge >= 0.3 is 0 Å². The summed E-state index contributed by atoms with van der Waals surface area (Å²) in [6.45, 7) is 0. The predicted octanol–water partition coefficient (Wildman–Crippen LogP) is 2.65. The lowest BCUT2D eigenvalue weighted by Crippen LogP contribution is -1.99. The van der Waals surface area contributed by atoms with Gasteiger partial charge in [0.2, 0.25) is 0 Å². The summed E-state index contributed by atoms with van der Waals surface area (Å²) >= 11 is 5.74. The second-order valence-corrected chi connectivity index (χ2v) is 4.36. The zero-order valence-corrected chi connectivity index (χ0v) is 10.3. The van der Waals surface area contributed by atoms with Crippen LogP contribution in [-0.2, 0) is 6.42 Å². The molecule has 0 N–H and O–H groups in total. The van der Waals surface area contributed by atoms with E-state index >= 15 is 0 Å². The van der Waals surface area contributed by atoms with Crippen molar-refractivity contribution in [3.8, 4) is 0 Å². The molecule has 4 nitrogen and oxygen atoms in total. The first kappa shape index (κ1) is 12.0. The van der Waals surface area contributed by atoms with Crippen molar-refractivity contribution >= 4 is 17.2 Å². The van der Waals surface area contributed by atoms with E-state index in [1.165, 1.54) is 18.5 Å². The van der Waals surface area contributed by atoms with Crippen LogP contribution >= 0.6 is 11.6 Å². The van der Waals surface area contributed by atoms with Gasteiger partial charge in [-0.2, -0.15) is 0 Å². The molecule has 0 aliphatic heterocycles. The molecule has 2 heterocycles. The quantitative estimate of drug-likeness (QED) is 0.678. The van der Waals surface area contributed by atoms with Gasteiger partial charge in [-0.3, -0.25) is 4.40 Å². The van der Waals surface area contributed by atoms with E-state index in [0.29, 0.717) is 22.2 Å². The molecule has 0 radical (unpaired) electrons. The van der Waals surface area contributed by atoms with Gasteiger partial charge in [0.15, 0.2) is 5.65 Å². The molecule has 19 heavy (non-hydrogen) atoms. The lowest BCUT2D eigenvalue weighted by atomic mass is 10.1. The van der Waals surface area contributed by atoms with Crippen molar-refractivity contribution < 1.29 is 8.78 Å². The van der Waals surface area contributed by atoms with Crippen molar-refractivity contribution in [2.24, 2.45) is 0 Å². The smallest absolute Gasteiger partial charge is 0.165 e. The molecular formula is C12H7ClF2N4. The number of hydrogen-bond donors (Lipinski definition) is 0. The van der Waals surface area contributed by atoms with Gasteiger partial charge in [-0.1, -0.05) is 17.7 Å². The van der Waals surface area contributed by atoms with Crippen molar-refractivity contribution in [1.29, 1.82) is 0 Å². The number of rotatable bonds is 2. The van der Waals surface area contributed by atoms with Gasteiger partial charge in [-0.15, -0.1) is 10.2 Å². The predicted molar refractivity (Wildman–Crippen MR) is 65.0 cm³/mol. The van der Waals surface area contributed by atoms with E-state index < -0.39 is 11.6 Å². The monoisotopic (exact) mass is 280 g/mol. The minimum absolute atomic E-state index is 0.191. The van der Waals surface area contributed by atoms with Crippen LogP contribution in [0.3, 0.4) is 0 Å². The molecule has 2 aromatic heterocycles. The Kier molecular flexibility index (Phi) is 2.87. The van der Waals surface area contributed by atoms with Crippen LogP contribution in [0.1, 0.15) is 11.4 Å². The van der Waals surface area contributed by atoms with E-state index in [4.69, 9.17) is 11.6 Å². The summed E-state index contributed by atoms with van der Waals surface area (Å²) in [5.74, 6) is -0.718. The first-order valence-electron chi connectivity index (χ1n) is 5.42. The Hall–Kier alpha value is -2.08. The van der Waals surface area contributed by atoms with Crippen LogP contribution in [0.5, 0.6) is 0 Å². The average Bonchev–Trinajstić information content (AvgIpc) is 2.75. The van der Waals surface area contributed by atoms with Gasteiger partial charge in [-0.25, -0.2) is 13.8 Å². The summed E-state index contributed by atoms with van der Waals surface area (Å²) in [6, 6.07) is 4.98. The van der Waals surface area contributed by atoms with Crippen molar-refractivity contribution in [1.82, 2.24) is 19.6 Å². The SMILES string of the molecule is Fc1ccc(Cc2nnc3cc(Cl)ncn23)c(F)c1. The molecule has 0 fully saturated rings. The molecule has 0 spiro atoms. The van der Waals surface area contributed by atoms with Gasteiger partial charge in [-0.05, 0) is 11.6 Å². The normalized spacial score (nSPS) is 11.1. The van der Waals surface area contributed by atoms with E-state index in [0.717, 1.165) is 6.07 Å². The van der Waals surface area contributed by atoms with Crippen molar-refractivity contribution in [2.45, 2.75) is 6.42 Å². The Bertz CT molecular complexity index is 757. The highest BCUT2D eigenvalue weighted by molar-refractivity contribution is 6.29. The lowest BCUT2D eigenvalue weighted by Gasteiger charge is -2.02. The summed E-state index contributed by atoms with van der Waals surface area (Å²) in [5, 5.41) is 8.17. The van der Waals surface area contributed by atoms with Crippen LogP contribution < -0.4 is 0 Å². The zero-order chi connectivity index (χ0) is 13.4.